The minimum Gasteiger partial charge on any atom is -0.0836 e. The molecule has 0 nitrogen and oxygen atoms in total. The van der Waals surface area contributed by atoms with Gasteiger partial charge in [-0.25, -0.2) is 0 Å². The molecule has 0 unspecified atom stereocenters. The summed E-state index contributed by atoms with van der Waals surface area (Å²) in [5.74, 6) is 0. The van der Waals surface area contributed by atoms with Crippen molar-refractivity contribution in [2.75, 3.05) is 0 Å². The molecule has 6 heteroatoms. The summed E-state index contributed by atoms with van der Waals surface area (Å²) in [6.45, 7) is 0. The lowest BCUT2D eigenvalue weighted by atomic mass is 9.85. The normalized spacial score (nSPS) is 11.7. The van der Waals surface area contributed by atoms with Crippen molar-refractivity contribution < 1.29 is 0 Å². The first-order valence-corrected chi connectivity index (χ1v) is 20.3. The van der Waals surface area contributed by atoms with Crippen LogP contribution in [0.4, 0.5) is 0 Å². The number of fused-ring (bicyclic) bond motifs is 6. The van der Waals surface area contributed by atoms with E-state index >= 15 is 0 Å². The Morgan fingerprint density at radius 1 is 0.308 bits per heavy atom. The molecule has 250 valence electrons. The molecule has 0 saturated heterocycles. The van der Waals surface area contributed by atoms with Gasteiger partial charge >= 0.3 is 0 Å². The second kappa shape index (κ2) is 13.8. The monoisotopic (exact) mass is 970 g/mol. The van der Waals surface area contributed by atoms with E-state index in [9.17, 15) is 0 Å². The van der Waals surface area contributed by atoms with Gasteiger partial charge in [-0.05, 0) is 147 Å². The van der Waals surface area contributed by atoms with Crippen molar-refractivity contribution in [3.05, 3.63) is 173 Å². The standard InChI is InChI=1S/C46H24Cl4I2/c47-35-19-9-20-36(48)43(35)41-29-17-7-15-27(25-11-3-1-4-12-25)39(29)31-23-34-32(24-33(31)45(41)51)40-28(26-13-5-2-6-14-26)16-8-18-30(40)42(46(34)52)44-37(49)21-10-22-38(44)50/h1-24H. The van der Waals surface area contributed by atoms with E-state index in [4.69, 9.17) is 46.4 Å². The van der Waals surface area contributed by atoms with Gasteiger partial charge in [-0.1, -0.05) is 156 Å². The first kappa shape index (κ1) is 34.4. The van der Waals surface area contributed by atoms with Crippen LogP contribution in [-0.4, -0.2) is 0 Å². The second-order valence-electron chi connectivity index (χ2n) is 12.7. The first-order valence-electron chi connectivity index (χ1n) is 16.6. The Balaban J connectivity index is 1.56. The zero-order valence-electron chi connectivity index (χ0n) is 27.1. The van der Waals surface area contributed by atoms with E-state index in [1.54, 1.807) is 0 Å². The van der Waals surface area contributed by atoms with Crippen LogP contribution in [0.15, 0.2) is 146 Å². The van der Waals surface area contributed by atoms with Crippen molar-refractivity contribution >= 4 is 135 Å². The average Bonchev–Trinajstić information content (AvgIpc) is 3.16. The van der Waals surface area contributed by atoms with E-state index in [1.165, 1.54) is 0 Å². The lowest BCUT2D eigenvalue weighted by Gasteiger charge is -2.22. The van der Waals surface area contributed by atoms with Gasteiger partial charge in [0.2, 0.25) is 0 Å². The van der Waals surface area contributed by atoms with Crippen LogP contribution in [0.3, 0.4) is 0 Å². The third-order valence-electron chi connectivity index (χ3n) is 9.87. The molecule has 0 aliphatic heterocycles. The van der Waals surface area contributed by atoms with Gasteiger partial charge in [-0.2, -0.15) is 0 Å². The molecule has 0 heterocycles. The zero-order chi connectivity index (χ0) is 35.7. The molecule has 52 heavy (non-hydrogen) atoms. The van der Waals surface area contributed by atoms with Gasteiger partial charge in [0.25, 0.3) is 0 Å². The zero-order valence-corrected chi connectivity index (χ0v) is 34.5. The molecular formula is C46H24Cl4I2. The van der Waals surface area contributed by atoms with Crippen molar-refractivity contribution in [1.29, 1.82) is 0 Å². The highest BCUT2D eigenvalue weighted by Gasteiger charge is 2.25. The summed E-state index contributed by atoms with van der Waals surface area (Å²) >= 11 is 33.1. The Morgan fingerprint density at radius 2 is 0.654 bits per heavy atom. The topological polar surface area (TPSA) is 0 Å². The van der Waals surface area contributed by atoms with E-state index < -0.39 is 0 Å². The third kappa shape index (κ3) is 5.52. The van der Waals surface area contributed by atoms with Gasteiger partial charge in [0.1, 0.15) is 0 Å². The van der Waals surface area contributed by atoms with Crippen molar-refractivity contribution in [3.8, 4) is 44.5 Å². The molecule has 9 aromatic rings. The fourth-order valence-electron chi connectivity index (χ4n) is 7.66. The number of hydrogen-bond donors (Lipinski definition) is 0. The van der Waals surface area contributed by atoms with Gasteiger partial charge in [0, 0.05) is 49.5 Å². The van der Waals surface area contributed by atoms with Crippen LogP contribution in [0, 0.1) is 7.14 Å². The number of rotatable bonds is 4. The Bertz CT molecular complexity index is 2660. The highest BCUT2D eigenvalue weighted by atomic mass is 127. The predicted octanol–water partition coefficient (Wildman–Crippen LogP) is 16.8. The van der Waals surface area contributed by atoms with Crippen LogP contribution in [0.1, 0.15) is 0 Å². The SMILES string of the molecule is Clc1cccc(Cl)c1-c1c(I)c2cc3c(cc2c2c(-c4ccccc4)cccc12)c(I)c(-c1c(Cl)cccc1Cl)c1cccc(-c2ccccc2)c13. The minimum atomic E-state index is 0.615. The second-order valence-corrected chi connectivity index (χ2v) is 16.5. The molecule has 0 bridgehead atoms. The number of halogens is 6. The Hall–Kier alpha value is -3.36. The summed E-state index contributed by atoms with van der Waals surface area (Å²) < 4.78 is 2.17. The molecular weight excluding hydrogens is 948 g/mol. The van der Waals surface area contributed by atoms with E-state index in [0.29, 0.717) is 20.1 Å². The molecule has 0 saturated carbocycles. The summed E-state index contributed by atoms with van der Waals surface area (Å²) in [4.78, 5) is 0. The molecule has 0 aliphatic rings. The van der Waals surface area contributed by atoms with Crippen LogP contribution in [0.2, 0.25) is 20.1 Å². The lowest BCUT2D eigenvalue weighted by molar-refractivity contribution is 1.62. The van der Waals surface area contributed by atoms with E-state index in [1.807, 2.05) is 36.4 Å². The maximum Gasteiger partial charge on any atom is 0.0499 e. The maximum absolute atomic E-state index is 7.02. The van der Waals surface area contributed by atoms with Gasteiger partial charge in [0.15, 0.2) is 0 Å². The maximum atomic E-state index is 7.02. The van der Waals surface area contributed by atoms with Crippen LogP contribution in [-0.2, 0) is 0 Å². The Labute approximate surface area is 348 Å². The number of hydrogen-bond acceptors (Lipinski definition) is 0. The fraction of sp³-hybridized carbons (Fsp3) is 0. The number of benzene rings is 9. The predicted molar refractivity (Wildman–Crippen MR) is 244 cm³/mol. The molecule has 0 radical (unpaired) electrons. The molecule has 0 N–H and O–H groups in total. The van der Waals surface area contributed by atoms with E-state index in [2.05, 4.69) is 154 Å². The molecule has 0 fully saturated rings. The molecule has 9 rings (SSSR count). The molecule has 0 amide bonds. The fourth-order valence-corrected chi connectivity index (χ4v) is 10.8. The molecule has 0 aromatic heterocycles. The van der Waals surface area contributed by atoms with Crippen LogP contribution >= 0.6 is 91.6 Å². The molecule has 0 spiro atoms. The Morgan fingerprint density at radius 3 is 1.02 bits per heavy atom. The van der Waals surface area contributed by atoms with Gasteiger partial charge in [-0.3, -0.25) is 0 Å². The summed E-state index contributed by atoms with van der Waals surface area (Å²) in [6.07, 6.45) is 0. The van der Waals surface area contributed by atoms with Crippen molar-refractivity contribution in [1.82, 2.24) is 0 Å². The van der Waals surface area contributed by atoms with Gasteiger partial charge in [-0.15, -0.1) is 0 Å². The van der Waals surface area contributed by atoms with Gasteiger partial charge < -0.3 is 0 Å². The molecule has 0 atom stereocenters. The van der Waals surface area contributed by atoms with Crippen LogP contribution in [0.5, 0.6) is 0 Å². The van der Waals surface area contributed by atoms with Gasteiger partial charge in [0.05, 0.1) is 0 Å². The van der Waals surface area contributed by atoms with Crippen molar-refractivity contribution in [3.63, 3.8) is 0 Å². The molecule has 0 aliphatic carbocycles. The average molecular weight is 972 g/mol. The van der Waals surface area contributed by atoms with Crippen molar-refractivity contribution in [2.45, 2.75) is 0 Å². The largest absolute Gasteiger partial charge is 0.0836 e. The third-order valence-corrected chi connectivity index (χ3v) is 13.4. The minimum absolute atomic E-state index is 0.615. The van der Waals surface area contributed by atoms with Crippen LogP contribution < -0.4 is 0 Å². The van der Waals surface area contributed by atoms with E-state index in [-0.39, 0.29) is 0 Å². The highest BCUT2D eigenvalue weighted by molar-refractivity contribution is 14.1. The summed E-state index contributed by atoms with van der Waals surface area (Å²) in [7, 11) is 0. The first-order chi connectivity index (χ1) is 25.3. The van der Waals surface area contributed by atoms with Crippen molar-refractivity contribution in [2.24, 2.45) is 0 Å². The summed E-state index contributed by atoms with van der Waals surface area (Å²) in [6, 6.07) is 50.4. The Kier molecular flexibility index (Phi) is 9.14. The quantitative estimate of drug-likeness (QED) is 0.0937. The van der Waals surface area contributed by atoms with Crippen LogP contribution in [0.25, 0.3) is 87.6 Å². The van der Waals surface area contributed by atoms with E-state index in [0.717, 1.165) is 94.7 Å². The summed E-state index contributed by atoms with van der Waals surface area (Å²) in [5.41, 5.74) is 8.26. The highest BCUT2D eigenvalue weighted by Crippen LogP contribution is 2.51. The summed E-state index contributed by atoms with van der Waals surface area (Å²) in [5, 5.41) is 11.4. The molecule has 9 aromatic carbocycles. The smallest absolute Gasteiger partial charge is 0.0499 e. The lowest BCUT2D eigenvalue weighted by Crippen LogP contribution is -1.97.